The largest absolute Gasteiger partial charge is 0.434 e. The molecule has 120 valence electrons. The molecule has 0 unspecified atom stereocenters. The lowest BCUT2D eigenvalue weighted by Crippen LogP contribution is -2.05. The molecule has 0 N–H and O–H groups in total. The van der Waals surface area contributed by atoms with Crippen LogP contribution in [-0.4, -0.2) is 24.7 Å². The maximum absolute atomic E-state index is 12.7. The Morgan fingerprint density at radius 2 is 1.91 bits per heavy atom. The normalized spacial score (nSPS) is 11.9. The van der Waals surface area contributed by atoms with Crippen molar-refractivity contribution < 1.29 is 13.2 Å². The lowest BCUT2D eigenvalue weighted by Gasteiger charge is -2.03. The van der Waals surface area contributed by atoms with E-state index in [1.807, 2.05) is 20.9 Å². The van der Waals surface area contributed by atoms with E-state index in [0.717, 1.165) is 33.7 Å². The highest BCUT2D eigenvalue weighted by molar-refractivity contribution is 7.13. The summed E-state index contributed by atoms with van der Waals surface area (Å²) in [5.41, 5.74) is 2.25. The maximum Gasteiger partial charge on any atom is 0.434 e. The van der Waals surface area contributed by atoms with E-state index in [1.165, 1.54) is 6.20 Å². The molecular formula is C14H12F3N5S. The predicted molar refractivity (Wildman–Crippen MR) is 79.8 cm³/mol. The summed E-state index contributed by atoms with van der Waals surface area (Å²) >= 11 is 0.870. The molecule has 3 aromatic heterocycles. The number of halogens is 3. The number of rotatable bonds is 2. The molecule has 23 heavy (non-hydrogen) atoms. The third kappa shape index (κ3) is 2.83. The highest BCUT2D eigenvalue weighted by atomic mass is 32.1. The van der Waals surface area contributed by atoms with Crippen LogP contribution in [0.3, 0.4) is 0 Å². The SMILES string of the molecule is Cc1nn(C)c(C)c1-c1ccnc(-c2nc(C(F)(F)F)cs2)n1. The van der Waals surface area contributed by atoms with Gasteiger partial charge in [0.25, 0.3) is 0 Å². The summed E-state index contributed by atoms with van der Waals surface area (Å²) in [6.45, 7) is 3.76. The van der Waals surface area contributed by atoms with Gasteiger partial charge in [-0.05, 0) is 19.9 Å². The predicted octanol–water partition coefficient (Wildman–Crippen LogP) is 3.64. The van der Waals surface area contributed by atoms with Crippen LogP contribution in [-0.2, 0) is 13.2 Å². The maximum atomic E-state index is 12.7. The molecule has 3 rings (SSSR count). The van der Waals surface area contributed by atoms with Crippen LogP contribution in [0.5, 0.6) is 0 Å². The number of hydrogen-bond acceptors (Lipinski definition) is 5. The average molecular weight is 339 g/mol. The van der Waals surface area contributed by atoms with Crippen LogP contribution in [0.25, 0.3) is 22.1 Å². The molecule has 0 atom stereocenters. The van der Waals surface area contributed by atoms with Gasteiger partial charge >= 0.3 is 6.18 Å². The smallest absolute Gasteiger partial charge is 0.272 e. The quantitative estimate of drug-likeness (QED) is 0.715. The fraction of sp³-hybridized carbons (Fsp3) is 0.286. The van der Waals surface area contributed by atoms with Crippen molar-refractivity contribution in [1.29, 1.82) is 0 Å². The minimum Gasteiger partial charge on any atom is -0.272 e. The molecule has 0 fully saturated rings. The second-order valence-corrected chi connectivity index (χ2v) is 5.83. The summed E-state index contributed by atoms with van der Waals surface area (Å²) in [6, 6.07) is 1.71. The third-order valence-electron chi connectivity index (χ3n) is 3.41. The average Bonchev–Trinajstić information content (AvgIpc) is 3.05. The highest BCUT2D eigenvalue weighted by Crippen LogP contribution is 2.33. The molecule has 0 saturated heterocycles. The van der Waals surface area contributed by atoms with Crippen LogP contribution >= 0.6 is 11.3 Å². The van der Waals surface area contributed by atoms with Gasteiger partial charge in [0.1, 0.15) is 0 Å². The van der Waals surface area contributed by atoms with Gasteiger partial charge in [-0.1, -0.05) is 0 Å². The second kappa shape index (κ2) is 5.41. The summed E-state index contributed by atoms with van der Waals surface area (Å²) in [5, 5.41) is 5.42. The number of alkyl halides is 3. The monoisotopic (exact) mass is 339 g/mol. The molecule has 0 radical (unpaired) electrons. The van der Waals surface area contributed by atoms with Gasteiger partial charge in [-0.25, -0.2) is 15.0 Å². The van der Waals surface area contributed by atoms with Gasteiger partial charge < -0.3 is 0 Å². The van der Waals surface area contributed by atoms with Crippen molar-refractivity contribution in [3.8, 4) is 22.1 Å². The van der Waals surface area contributed by atoms with Crippen LogP contribution in [0.15, 0.2) is 17.6 Å². The second-order valence-electron chi connectivity index (χ2n) is 4.97. The van der Waals surface area contributed by atoms with E-state index in [9.17, 15) is 13.2 Å². The summed E-state index contributed by atoms with van der Waals surface area (Å²) in [7, 11) is 1.82. The molecule has 3 heterocycles. The van der Waals surface area contributed by atoms with E-state index in [2.05, 4.69) is 20.1 Å². The molecule has 0 aromatic carbocycles. The van der Waals surface area contributed by atoms with E-state index in [0.29, 0.717) is 5.69 Å². The van der Waals surface area contributed by atoms with Gasteiger partial charge in [-0.2, -0.15) is 18.3 Å². The first-order valence-electron chi connectivity index (χ1n) is 6.64. The Hall–Kier alpha value is -2.29. The number of nitrogens with zero attached hydrogens (tertiary/aromatic N) is 5. The minimum absolute atomic E-state index is 0.137. The number of aryl methyl sites for hydroxylation is 2. The zero-order chi connectivity index (χ0) is 16.8. The van der Waals surface area contributed by atoms with Gasteiger partial charge in [-0.15, -0.1) is 11.3 Å². The van der Waals surface area contributed by atoms with Crippen LogP contribution in [0.2, 0.25) is 0 Å². The third-order valence-corrected chi connectivity index (χ3v) is 4.24. The molecule has 0 amide bonds. The molecule has 0 aliphatic carbocycles. The Balaban J connectivity index is 2.05. The van der Waals surface area contributed by atoms with Crippen molar-refractivity contribution in [2.75, 3.05) is 0 Å². The Kier molecular flexibility index (Phi) is 3.67. The van der Waals surface area contributed by atoms with Gasteiger partial charge in [0.15, 0.2) is 16.5 Å². The molecule has 0 aliphatic heterocycles. The lowest BCUT2D eigenvalue weighted by atomic mass is 10.1. The Morgan fingerprint density at radius 3 is 2.48 bits per heavy atom. The molecule has 3 aromatic rings. The first kappa shape index (κ1) is 15.6. The Labute approximate surface area is 133 Å². The first-order valence-corrected chi connectivity index (χ1v) is 7.52. The number of thiazole rings is 1. The zero-order valence-corrected chi connectivity index (χ0v) is 13.3. The van der Waals surface area contributed by atoms with E-state index < -0.39 is 11.9 Å². The molecule has 0 bridgehead atoms. The molecule has 0 aliphatic rings. The molecule has 0 spiro atoms. The Bertz CT molecular complexity index is 866. The fourth-order valence-electron chi connectivity index (χ4n) is 2.25. The van der Waals surface area contributed by atoms with Crippen molar-refractivity contribution >= 4 is 11.3 Å². The van der Waals surface area contributed by atoms with E-state index in [4.69, 9.17) is 0 Å². The lowest BCUT2D eigenvalue weighted by molar-refractivity contribution is -0.140. The molecular weight excluding hydrogens is 327 g/mol. The topological polar surface area (TPSA) is 56.5 Å². The summed E-state index contributed by atoms with van der Waals surface area (Å²) < 4.78 is 39.7. The van der Waals surface area contributed by atoms with Gasteiger partial charge in [-0.3, -0.25) is 4.68 Å². The summed E-state index contributed by atoms with van der Waals surface area (Å²) in [4.78, 5) is 12.0. The minimum atomic E-state index is -4.47. The van der Waals surface area contributed by atoms with E-state index in [1.54, 1.807) is 10.7 Å². The van der Waals surface area contributed by atoms with Crippen molar-refractivity contribution in [3.63, 3.8) is 0 Å². The zero-order valence-electron chi connectivity index (χ0n) is 12.5. The van der Waals surface area contributed by atoms with Crippen LogP contribution in [0.4, 0.5) is 13.2 Å². The van der Waals surface area contributed by atoms with Gasteiger partial charge in [0, 0.05) is 29.9 Å². The highest BCUT2D eigenvalue weighted by Gasteiger charge is 2.34. The van der Waals surface area contributed by atoms with Crippen LogP contribution in [0.1, 0.15) is 17.1 Å². The van der Waals surface area contributed by atoms with Crippen molar-refractivity contribution in [1.82, 2.24) is 24.7 Å². The van der Waals surface area contributed by atoms with Crippen LogP contribution in [0, 0.1) is 13.8 Å². The van der Waals surface area contributed by atoms with E-state index in [-0.39, 0.29) is 10.8 Å². The van der Waals surface area contributed by atoms with Gasteiger partial charge in [0.05, 0.1) is 11.4 Å². The number of aromatic nitrogens is 5. The molecule has 0 saturated carbocycles. The molecule has 9 heteroatoms. The summed E-state index contributed by atoms with van der Waals surface area (Å²) in [5.74, 6) is 0.172. The van der Waals surface area contributed by atoms with Crippen LogP contribution < -0.4 is 0 Å². The standard InChI is InChI=1S/C14H12F3N5S/c1-7-11(8(2)22(3)21-7)9-4-5-18-12(19-9)13-20-10(6-23-13)14(15,16)17/h4-6H,1-3H3. The van der Waals surface area contributed by atoms with Gasteiger partial charge in [0.2, 0.25) is 0 Å². The Morgan fingerprint density at radius 1 is 1.17 bits per heavy atom. The number of hydrogen-bond donors (Lipinski definition) is 0. The van der Waals surface area contributed by atoms with Crippen molar-refractivity contribution in [2.24, 2.45) is 7.05 Å². The first-order chi connectivity index (χ1) is 10.8. The van der Waals surface area contributed by atoms with Crippen molar-refractivity contribution in [3.05, 3.63) is 34.7 Å². The molecule has 5 nitrogen and oxygen atoms in total. The van der Waals surface area contributed by atoms with E-state index >= 15 is 0 Å². The fourth-order valence-corrected chi connectivity index (χ4v) is 3.02. The summed E-state index contributed by atoms with van der Waals surface area (Å²) in [6.07, 6.45) is -2.96. The van der Waals surface area contributed by atoms with Crippen molar-refractivity contribution in [2.45, 2.75) is 20.0 Å².